The van der Waals surface area contributed by atoms with Crippen LogP contribution in [-0.4, -0.2) is 14.2 Å². The van der Waals surface area contributed by atoms with E-state index in [1.54, 1.807) is 50.6 Å². The molecule has 20 heavy (non-hydrogen) atoms. The zero-order valence-corrected chi connectivity index (χ0v) is 11.3. The van der Waals surface area contributed by atoms with E-state index >= 15 is 0 Å². The molecule has 0 aromatic heterocycles. The molecule has 0 radical (unpaired) electrons. The molecule has 0 aliphatic rings. The molecule has 0 aliphatic carbocycles. The van der Waals surface area contributed by atoms with Gasteiger partial charge in [-0.15, -0.1) is 5.11 Å². The summed E-state index contributed by atoms with van der Waals surface area (Å²) in [4.78, 5) is 0. The van der Waals surface area contributed by atoms with Crippen LogP contribution in [-0.2, 0) is 0 Å². The van der Waals surface area contributed by atoms with Crippen LogP contribution in [0.15, 0.2) is 46.6 Å². The van der Waals surface area contributed by atoms with Crippen molar-refractivity contribution < 1.29 is 9.47 Å². The predicted octanol–water partition coefficient (Wildman–Crippen LogP) is 3.28. The molecule has 0 unspecified atom stereocenters. The molecule has 0 spiro atoms. The van der Waals surface area contributed by atoms with Crippen molar-refractivity contribution >= 4 is 22.7 Å². The van der Waals surface area contributed by atoms with Gasteiger partial charge >= 0.3 is 0 Å². The number of anilines is 2. The van der Waals surface area contributed by atoms with Gasteiger partial charge < -0.3 is 20.9 Å². The second-order valence-electron chi connectivity index (χ2n) is 4.06. The molecule has 2 aromatic rings. The van der Waals surface area contributed by atoms with Gasteiger partial charge in [0.2, 0.25) is 0 Å². The molecule has 6 nitrogen and oxygen atoms in total. The first-order valence-corrected chi connectivity index (χ1v) is 5.93. The summed E-state index contributed by atoms with van der Waals surface area (Å²) < 4.78 is 10.4. The quantitative estimate of drug-likeness (QED) is 0.659. The largest absolute Gasteiger partial charge is 0.493 e. The Balaban J connectivity index is 2.27. The van der Waals surface area contributed by atoms with E-state index in [0.29, 0.717) is 34.2 Å². The summed E-state index contributed by atoms with van der Waals surface area (Å²) in [7, 11) is 3.14. The highest BCUT2D eigenvalue weighted by Gasteiger charge is 2.04. The Morgan fingerprint density at radius 3 is 2.25 bits per heavy atom. The van der Waals surface area contributed by atoms with Crippen LogP contribution in [0.25, 0.3) is 0 Å². The minimum absolute atomic E-state index is 0.481. The SMILES string of the molecule is COc1ccc(N=Nc2ccc(N)cc2N)cc1OC. The molecular formula is C14H16N4O2. The Morgan fingerprint density at radius 1 is 0.850 bits per heavy atom. The van der Waals surface area contributed by atoms with Gasteiger partial charge in [-0.3, -0.25) is 0 Å². The molecule has 0 saturated heterocycles. The number of hydrogen-bond donors (Lipinski definition) is 2. The van der Waals surface area contributed by atoms with E-state index in [1.165, 1.54) is 0 Å². The van der Waals surface area contributed by atoms with Crippen LogP contribution in [0.3, 0.4) is 0 Å². The summed E-state index contributed by atoms with van der Waals surface area (Å²) in [5.74, 6) is 1.23. The van der Waals surface area contributed by atoms with Crippen LogP contribution in [0.5, 0.6) is 11.5 Å². The summed E-state index contributed by atoms with van der Waals surface area (Å²) in [6, 6.07) is 10.4. The number of nitrogens with zero attached hydrogens (tertiary/aromatic N) is 2. The van der Waals surface area contributed by atoms with E-state index in [1.807, 2.05) is 0 Å². The third kappa shape index (κ3) is 2.97. The van der Waals surface area contributed by atoms with Gasteiger partial charge in [-0.05, 0) is 30.3 Å². The van der Waals surface area contributed by atoms with E-state index in [0.717, 1.165) is 0 Å². The van der Waals surface area contributed by atoms with Crippen LogP contribution >= 0.6 is 0 Å². The van der Waals surface area contributed by atoms with Crippen molar-refractivity contribution in [2.45, 2.75) is 0 Å². The maximum Gasteiger partial charge on any atom is 0.162 e. The number of benzene rings is 2. The van der Waals surface area contributed by atoms with Crippen molar-refractivity contribution in [3.63, 3.8) is 0 Å². The Bertz CT molecular complexity index is 641. The number of ether oxygens (including phenoxy) is 2. The number of nitrogen functional groups attached to an aromatic ring is 2. The van der Waals surface area contributed by atoms with Gasteiger partial charge in [-0.2, -0.15) is 5.11 Å². The highest BCUT2D eigenvalue weighted by molar-refractivity contribution is 5.67. The molecular weight excluding hydrogens is 256 g/mol. The molecule has 4 N–H and O–H groups in total. The van der Waals surface area contributed by atoms with E-state index in [4.69, 9.17) is 20.9 Å². The molecule has 2 aromatic carbocycles. The van der Waals surface area contributed by atoms with Crippen molar-refractivity contribution in [2.75, 3.05) is 25.7 Å². The molecule has 2 rings (SSSR count). The lowest BCUT2D eigenvalue weighted by Gasteiger charge is -2.07. The number of azo groups is 1. The first-order valence-electron chi connectivity index (χ1n) is 5.93. The zero-order chi connectivity index (χ0) is 14.5. The Hall–Kier alpha value is -2.76. The lowest BCUT2D eigenvalue weighted by atomic mass is 10.2. The van der Waals surface area contributed by atoms with E-state index < -0.39 is 0 Å². The van der Waals surface area contributed by atoms with Crippen molar-refractivity contribution in [2.24, 2.45) is 10.2 Å². The van der Waals surface area contributed by atoms with Gasteiger partial charge in [0.15, 0.2) is 11.5 Å². The number of rotatable bonds is 4. The maximum absolute atomic E-state index is 5.81. The van der Waals surface area contributed by atoms with Gasteiger partial charge in [-0.1, -0.05) is 0 Å². The van der Waals surface area contributed by atoms with Gasteiger partial charge in [0.1, 0.15) is 5.69 Å². The Labute approximate surface area is 117 Å². The minimum Gasteiger partial charge on any atom is -0.493 e. The smallest absolute Gasteiger partial charge is 0.162 e. The second-order valence-corrected chi connectivity index (χ2v) is 4.06. The number of nitrogens with two attached hydrogens (primary N) is 2. The van der Waals surface area contributed by atoms with E-state index in [-0.39, 0.29) is 0 Å². The molecule has 0 saturated carbocycles. The van der Waals surface area contributed by atoms with Crippen LogP contribution in [0.1, 0.15) is 0 Å². The lowest BCUT2D eigenvalue weighted by Crippen LogP contribution is -1.89. The molecule has 0 fully saturated rings. The molecule has 104 valence electrons. The normalized spacial score (nSPS) is 10.7. The monoisotopic (exact) mass is 272 g/mol. The molecule has 0 bridgehead atoms. The highest BCUT2D eigenvalue weighted by atomic mass is 16.5. The summed E-state index contributed by atoms with van der Waals surface area (Å²) in [5, 5.41) is 8.22. The number of hydrogen-bond acceptors (Lipinski definition) is 6. The molecule has 0 amide bonds. The maximum atomic E-state index is 5.81. The van der Waals surface area contributed by atoms with Gasteiger partial charge in [-0.25, -0.2) is 0 Å². The van der Waals surface area contributed by atoms with Crippen LogP contribution in [0, 0.1) is 0 Å². The third-order valence-corrected chi connectivity index (χ3v) is 2.69. The summed E-state index contributed by atoms with van der Waals surface area (Å²) in [6.45, 7) is 0. The van der Waals surface area contributed by atoms with Gasteiger partial charge in [0, 0.05) is 11.8 Å². The van der Waals surface area contributed by atoms with Crippen molar-refractivity contribution in [3.8, 4) is 11.5 Å². The first-order chi connectivity index (χ1) is 9.63. The summed E-state index contributed by atoms with van der Waals surface area (Å²) in [5.41, 5.74) is 13.7. The Kier molecular flexibility index (Phi) is 4.05. The first kappa shape index (κ1) is 13.7. The van der Waals surface area contributed by atoms with Crippen molar-refractivity contribution in [1.82, 2.24) is 0 Å². The van der Waals surface area contributed by atoms with Crippen LogP contribution in [0.4, 0.5) is 22.7 Å². The topological polar surface area (TPSA) is 95.2 Å². The van der Waals surface area contributed by atoms with Gasteiger partial charge in [0.05, 0.1) is 25.6 Å². The zero-order valence-electron chi connectivity index (χ0n) is 11.3. The average molecular weight is 272 g/mol. The molecule has 0 aliphatic heterocycles. The Morgan fingerprint density at radius 2 is 1.60 bits per heavy atom. The molecule has 0 heterocycles. The minimum atomic E-state index is 0.481. The third-order valence-electron chi connectivity index (χ3n) is 2.69. The summed E-state index contributed by atoms with van der Waals surface area (Å²) in [6.07, 6.45) is 0. The van der Waals surface area contributed by atoms with E-state index in [2.05, 4.69) is 10.2 Å². The second kappa shape index (κ2) is 5.92. The van der Waals surface area contributed by atoms with Gasteiger partial charge in [0.25, 0.3) is 0 Å². The molecule has 0 atom stereocenters. The lowest BCUT2D eigenvalue weighted by molar-refractivity contribution is 0.355. The van der Waals surface area contributed by atoms with E-state index in [9.17, 15) is 0 Å². The fourth-order valence-electron chi connectivity index (χ4n) is 1.66. The van der Waals surface area contributed by atoms with Crippen molar-refractivity contribution in [3.05, 3.63) is 36.4 Å². The highest BCUT2D eigenvalue weighted by Crippen LogP contribution is 2.32. The standard InChI is InChI=1S/C14H16N4O2/c1-19-13-6-4-10(8-14(13)20-2)17-18-12-5-3-9(15)7-11(12)16/h3-8H,15-16H2,1-2H3. The average Bonchev–Trinajstić information content (AvgIpc) is 2.46. The summed E-state index contributed by atoms with van der Waals surface area (Å²) >= 11 is 0. The fourth-order valence-corrected chi connectivity index (χ4v) is 1.66. The van der Waals surface area contributed by atoms with Crippen molar-refractivity contribution in [1.29, 1.82) is 0 Å². The van der Waals surface area contributed by atoms with Crippen LogP contribution in [0.2, 0.25) is 0 Å². The fraction of sp³-hybridized carbons (Fsp3) is 0.143. The number of methoxy groups -OCH3 is 2. The van der Waals surface area contributed by atoms with Crippen LogP contribution < -0.4 is 20.9 Å². The predicted molar refractivity (Wildman–Crippen MR) is 79.0 cm³/mol. The molecule has 6 heteroatoms.